The molecule has 3 rings (SSSR count). The molecular weight excluding hydrogens is 264 g/mol. The third kappa shape index (κ3) is 2.35. The molecule has 0 spiro atoms. The third-order valence-electron chi connectivity index (χ3n) is 3.68. The monoisotopic (exact) mass is 282 g/mol. The minimum atomic E-state index is -0.204. The Morgan fingerprint density at radius 2 is 2.05 bits per heavy atom. The average Bonchev–Trinajstić information content (AvgIpc) is 2.81. The van der Waals surface area contributed by atoms with E-state index >= 15 is 0 Å². The number of pyridine rings is 1. The molecule has 0 fully saturated rings. The number of hydrazine groups is 1. The van der Waals surface area contributed by atoms with Gasteiger partial charge in [0, 0.05) is 23.7 Å². The van der Waals surface area contributed by atoms with Crippen molar-refractivity contribution in [2.75, 3.05) is 5.73 Å². The predicted octanol–water partition coefficient (Wildman–Crippen LogP) is 1.41. The highest BCUT2D eigenvalue weighted by atomic mass is 15.3. The molecule has 108 valence electrons. The molecular formula is C15H18N6. The molecule has 6 nitrogen and oxygen atoms in total. The second-order valence-corrected chi connectivity index (χ2v) is 5.11. The van der Waals surface area contributed by atoms with E-state index in [9.17, 15) is 0 Å². The molecule has 0 aliphatic carbocycles. The van der Waals surface area contributed by atoms with Gasteiger partial charge >= 0.3 is 0 Å². The SMILES string of the molecule is Cc1ccc2cc(C(NN)c3cnn(C)c3N)ccc2n1. The molecule has 1 atom stereocenters. The Labute approximate surface area is 122 Å². The Morgan fingerprint density at radius 3 is 2.71 bits per heavy atom. The minimum absolute atomic E-state index is 0.204. The summed E-state index contributed by atoms with van der Waals surface area (Å²) in [5.74, 6) is 6.32. The lowest BCUT2D eigenvalue weighted by atomic mass is 9.99. The van der Waals surface area contributed by atoms with Gasteiger partial charge in [-0.25, -0.2) is 5.43 Å². The fourth-order valence-electron chi connectivity index (χ4n) is 2.48. The van der Waals surface area contributed by atoms with Gasteiger partial charge in [0.05, 0.1) is 17.8 Å². The number of nitrogens with two attached hydrogens (primary N) is 2. The van der Waals surface area contributed by atoms with Crippen molar-refractivity contribution in [3.05, 3.63) is 53.3 Å². The van der Waals surface area contributed by atoms with Crippen LogP contribution in [0.15, 0.2) is 36.5 Å². The number of hydrogen-bond donors (Lipinski definition) is 3. The highest BCUT2D eigenvalue weighted by molar-refractivity contribution is 5.79. The molecule has 2 aromatic heterocycles. The number of hydrogen-bond acceptors (Lipinski definition) is 5. The van der Waals surface area contributed by atoms with Crippen LogP contribution >= 0.6 is 0 Å². The van der Waals surface area contributed by atoms with Crippen LogP contribution < -0.4 is 17.0 Å². The van der Waals surface area contributed by atoms with Crippen LogP contribution in [-0.4, -0.2) is 14.8 Å². The number of aryl methyl sites for hydroxylation is 2. The van der Waals surface area contributed by atoms with Crippen molar-refractivity contribution in [3.8, 4) is 0 Å². The number of nitrogens with zero attached hydrogens (tertiary/aromatic N) is 3. The van der Waals surface area contributed by atoms with Crippen molar-refractivity contribution < 1.29 is 0 Å². The van der Waals surface area contributed by atoms with Gasteiger partial charge in [-0.2, -0.15) is 5.10 Å². The van der Waals surface area contributed by atoms with E-state index in [0.29, 0.717) is 5.82 Å². The number of aromatic nitrogens is 3. The van der Waals surface area contributed by atoms with Crippen LogP contribution in [-0.2, 0) is 7.05 Å². The van der Waals surface area contributed by atoms with Crippen molar-refractivity contribution in [1.29, 1.82) is 0 Å². The van der Waals surface area contributed by atoms with Crippen LogP contribution in [0.3, 0.4) is 0 Å². The zero-order valence-electron chi connectivity index (χ0n) is 12.0. The van der Waals surface area contributed by atoms with Crippen LogP contribution in [0.4, 0.5) is 5.82 Å². The van der Waals surface area contributed by atoms with E-state index in [1.807, 2.05) is 25.1 Å². The van der Waals surface area contributed by atoms with Gasteiger partial charge in [-0.3, -0.25) is 15.5 Å². The first-order chi connectivity index (χ1) is 10.1. The van der Waals surface area contributed by atoms with Gasteiger partial charge in [0.1, 0.15) is 5.82 Å². The largest absolute Gasteiger partial charge is 0.384 e. The van der Waals surface area contributed by atoms with Gasteiger partial charge < -0.3 is 5.73 Å². The molecule has 0 saturated carbocycles. The summed E-state index contributed by atoms with van der Waals surface area (Å²) in [4.78, 5) is 4.50. The lowest BCUT2D eigenvalue weighted by molar-refractivity contribution is 0.638. The van der Waals surface area contributed by atoms with Gasteiger partial charge in [-0.1, -0.05) is 12.1 Å². The first-order valence-electron chi connectivity index (χ1n) is 6.71. The Bertz CT molecular complexity index is 792. The Hall–Kier alpha value is -2.44. The predicted molar refractivity (Wildman–Crippen MR) is 83.3 cm³/mol. The lowest BCUT2D eigenvalue weighted by Gasteiger charge is -2.16. The standard InChI is InChI=1S/C15H18N6/c1-9-3-4-10-7-11(5-6-13(10)19-9)14(20-17)12-8-18-21(2)15(12)16/h3-8,14,20H,16-17H2,1-2H3. The fraction of sp³-hybridized carbons (Fsp3) is 0.200. The zero-order valence-corrected chi connectivity index (χ0v) is 12.0. The van der Waals surface area contributed by atoms with E-state index < -0.39 is 0 Å². The Balaban J connectivity index is 2.09. The molecule has 0 bridgehead atoms. The summed E-state index contributed by atoms with van der Waals surface area (Å²) in [6.45, 7) is 1.98. The van der Waals surface area contributed by atoms with Crippen molar-refractivity contribution in [2.24, 2.45) is 12.9 Å². The minimum Gasteiger partial charge on any atom is -0.384 e. The van der Waals surface area contributed by atoms with E-state index in [1.54, 1.807) is 17.9 Å². The topological polar surface area (TPSA) is 94.8 Å². The molecule has 0 amide bonds. The molecule has 0 aliphatic rings. The molecule has 2 heterocycles. The molecule has 0 radical (unpaired) electrons. The van der Waals surface area contributed by atoms with Crippen LogP contribution in [0.1, 0.15) is 22.9 Å². The average molecular weight is 282 g/mol. The van der Waals surface area contributed by atoms with Crippen molar-refractivity contribution in [3.63, 3.8) is 0 Å². The van der Waals surface area contributed by atoms with E-state index in [1.165, 1.54) is 0 Å². The highest BCUT2D eigenvalue weighted by Gasteiger charge is 2.18. The smallest absolute Gasteiger partial charge is 0.126 e. The molecule has 0 aliphatic heterocycles. The third-order valence-corrected chi connectivity index (χ3v) is 3.68. The van der Waals surface area contributed by atoms with Crippen molar-refractivity contribution in [1.82, 2.24) is 20.2 Å². The summed E-state index contributed by atoms with van der Waals surface area (Å²) < 4.78 is 1.63. The van der Waals surface area contributed by atoms with Crippen molar-refractivity contribution in [2.45, 2.75) is 13.0 Å². The summed E-state index contributed by atoms with van der Waals surface area (Å²) in [6.07, 6.45) is 1.73. The Morgan fingerprint density at radius 1 is 1.24 bits per heavy atom. The van der Waals surface area contributed by atoms with Crippen LogP contribution in [0.25, 0.3) is 10.9 Å². The summed E-state index contributed by atoms with van der Waals surface area (Å²) in [5.41, 5.74) is 12.7. The molecule has 5 N–H and O–H groups in total. The maximum Gasteiger partial charge on any atom is 0.126 e. The second-order valence-electron chi connectivity index (χ2n) is 5.11. The maximum absolute atomic E-state index is 6.04. The summed E-state index contributed by atoms with van der Waals surface area (Å²) in [7, 11) is 1.81. The molecule has 0 saturated heterocycles. The normalized spacial score (nSPS) is 12.7. The second kappa shape index (κ2) is 5.16. The quantitative estimate of drug-likeness (QED) is 0.499. The molecule has 1 unspecified atom stereocenters. The first kappa shape index (κ1) is 13.5. The van der Waals surface area contributed by atoms with Crippen LogP contribution in [0, 0.1) is 6.92 Å². The van der Waals surface area contributed by atoms with Crippen LogP contribution in [0.2, 0.25) is 0 Å². The zero-order chi connectivity index (χ0) is 15.0. The summed E-state index contributed by atoms with van der Waals surface area (Å²) >= 11 is 0. The van der Waals surface area contributed by atoms with Crippen molar-refractivity contribution >= 4 is 16.7 Å². The summed E-state index contributed by atoms with van der Waals surface area (Å²) in [6, 6.07) is 9.92. The first-order valence-corrected chi connectivity index (χ1v) is 6.71. The molecule has 6 heteroatoms. The number of rotatable bonds is 3. The van der Waals surface area contributed by atoms with Gasteiger partial charge in [0.2, 0.25) is 0 Å². The molecule has 1 aromatic carbocycles. The maximum atomic E-state index is 6.04. The van der Waals surface area contributed by atoms with Gasteiger partial charge in [0.15, 0.2) is 0 Å². The number of nitrogens with one attached hydrogen (secondary N) is 1. The molecule has 3 aromatic rings. The van der Waals surface area contributed by atoms with E-state index in [4.69, 9.17) is 11.6 Å². The Kier molecular flexibility index (Phi) is 3.32. The number of anilines is 1. The number of benzene rings is 1. The summed E-state index contributed by atoms with van der Waals surface area (Å²) in [5, 5.41) is 5.24. The van der Waals surface area contributed by atoms with Gasteiger partial charge in [-0.05, 0) is 30.7 Å². The molecule has 21 heavy (non-hydrogen) atoms. The fourth-order valence-corrected chi connectivity index (χ4v) is 2.48. The van der Waals surface area contributed by atoms with E-state index in [2.05, 4.69) is 27.6 Å². The van der Waals surface area contributed by atoms with E-state index in [0.717, 1.165) is 27.7 Å². The highest BCUT2D eigenvalue weighted by Crippen LogP contribution is 2.27. The lowest BCUT2D eigenvalue weighted by Crippen LogP contribution is -2.29. The van der Waals surface area contributed by atoms with Crippen LogP contribution in [0.5, 0.6) is 0 Å². The number of nitrogen functional groups attached to an aromatic ring is 1. The van der Waals surface area contributed by atoms with E-state index in [-0.39, 0.29) is 6.04 Å². The van der Waals surface area contributed by atoms with Gasteiger partial charge in [0.25, 0.3) is 0 Å². The number of fused-ring (bicyclic) bond motifs is 1. The van der Waals surface area contributed by atoms with Gasteiger partial charge in [-0.15, -0.1) is 0 Å².